The van der Waals surface area contributed by atoms with Gasteiger partial charge < -0.3 is 14.6 Å². The molecule has 2 N–H and O–H groups in total. The summed E-state index contributed by atoms with van der Waals surface area (Å²) in [5.41, 5.74) is -0.773. The molecular weight excluding hydrogens is 352 g/mol. The number of fused-ring (bicyclic) bond motifs is 1. The normalized spacial score (nSPS) is 40.0. The summed E-state index contributed by atoms with van der Waals surface area (Å²) in [7, 11) is -1.87. The highest BCUT2D eigenvalue weighted by molar-refractivity contribution is 6.74. The number of aliphatic hydroxyl groups excluding tert-OH is 1. The van der Waals surface area contributed by atoms with Crippen molar-refractivity contribution in [3.63, 3.8) is 0 Å². The van der Waals surface area contributed by atoms with Gasteiger partial charge in [0.05, 0.1) is 11.2 Å². The lowest BCUT2D eigenvalue weighted by atomic mass is 9.56. The topological polar surface area (TPSA) is 49.7 Å². The second-order valence-corrected chi connectivity index (χ2v) is 16.5. The third-order valence-electron chi connectivity index (χ3n) is 9.40. The molecule has 0 heterocycles. The van der Waals surface area contributed by atoms with Gasteiger partial charge in [-0.1, -0.05) is 47.0 Å². The molecule has 0 amide bonds. The Morgan fingerprint density at radius 3 is 2.19 bits per heavy atom. The molecule has 0 saturated heterocycles. The van der Waals surface area contributed by atoms with Gasteiger partial charge in [0, 0.05) is 12.0 Å². The Morgan fingerprint density at radius 1 is 1.00 bits per heavy atom. The fourth-order valence-electron chi connectivity index (χ4n) is 6.30. The largest absolute Gasteiger partial charge is 0.411 e. The molecular formula is C23H44O3Si. The maximum absolute atomic E-state index is 11.7. The van der Waals surface area contributed by atoms with Crippen LogP contribution >= 0.6 is 0 Å². The summed E-state index contributed by atoms with van der Waals surface area (Å²) in [6.07, 6.45) is 11.0. The van der Waals surface area contributed by atoms with Gasteiger partial charge in [0.25, 0.3) is 0 Å². The first-order valence-electron chi connectivity index (χ1n) is 11.4. The monoisotopic (exact) mass is 396 g/mol. The van der Waals surface area contributed by atoms with E-state index in [-0.39, 0.29) is 28.6 Å². The highest BCUT2D eigenvalue weighted by Crippen LogP contribution is 2.62. The summed E-state index contributed by atoms with van der Waals surface area (Å²) in [6, 6.07) is 0. The van der Waals surface area contributed by atoms with Crippen molar-refractivity contribution in [2.24, 2.45) is 17.3 Å². The van der Waals surface area contributed by atoms with E-state index in [1.54, 1.807) is 0 Å². The minimum Gasteiger partial charge on any atom is -0.411 e. The fourth-order valence-corrected chi connectivity index (χ4v) is 7.99. The highest BCUT2D eigenvalue weighted by Gasteiger charge is 2.61. The van der Waals surface area contributed by atoms with E-state index in [4.69, 9.17) is 4.43 Å². The van der Waals surface area contributed by atoms with Gasteiger partial charge in [-0.2, -0.15) is 0 Å². The predicted molar refractivity (Wildman–Crippen MR) is 114 cm³/mol. The van der Waals surface area contributed by atoms with Crippen LogP contribution in [0.5, 0.6) is 0 Å². The Labute approximate surface area is 168 Å². The van der Waals surface area contributed by atoms with Gasteiger partial charge in [0.2, 0.25) is 0 Å². The molecule has 3 nitrogen and oxygen atoms in total. The van der Waals surface area contributed by atoms with Crippen LogP contribution in [0.3, 0.4) is 0 Å². The molecule has 0 aromatic rings. The van der Waals surface area contributed by atoms with Gasteiger partial charge in [-0.25, -0.2) is 0 Å². The smallest absolute Gasteiger partial charge is 0.192 e. The SMILES string of the molecule is CC(C)(C)[Si](C)(C)OC1([C@H]2CC[C@]3(C)[C@@H](CO)CC[C@]3(O)C2)CCCCC1. The van der Waals surface area contributed by atoms with E-state index in [1.807, 2.05) is 0 Å². The second kappa shape index (κ2) is 7.11. The van der Waals surface area contributed by atoms with Crippen LogP contribution in [0.1, 0.15) is 91.9 Å². The number of rotatable bonds is 4. The summed E-state index contributed by atoms with van der Waals surface area (Å²) < 4.78 is 7.23. The zero-order valence-corrected chi connectivity index (χ0v) is 19.7. The Morgan fingerprint density at radius 2 is 1.63 bits per heavy atom. The average Bonchev–Trinajstić information content (AvgIpc) is 2.84. The Bertz CT molecular complexity index is 534. The number of aliphatic hydroxyl groups is 2. The summed E-state index contributed by atoms with van der Waals surface area (Å²) in [6.45, 7) is 14.2. The molecule has 3 aliphatic carbocycles. The third kappa shape index (κ3) is 3.58. The summed E-state index contributed by atoms with van der Waals surface area (Å²) in [5.74, 6) is 0.717. The highest BCUT2D eigenvalue weighted by atomic mass is 28.4. The van der Waals surface area contributed by atoms with Crippen LogP contribution in [0.4, 0.5) is 0 Å². The van der Waals surface area contributed by atoms with Crippen LogP contribution in [-0.4, -0.2) is 36.3 Å². The van der Waals surface area contributed by atoms with E-state index in [0.29, 0.717) is 5.92 Å². The minimum atomic E-state index is -1.87. The van der Waals surface area contributed by atoms with Gasteiger partial charge in [-0.3, -0.25) is 0 Å². The van der Waals surface area contributed by atoms with Crippen molar-refractivity contribution in [1.29, 1.82) is 0 Å². The molecule has 0 unspecified atom stereocenters. The lowest BCUT2D eigenvalue weighted by Crippen LogP contribution is -2.59. The van der Waals surface area contributed by atoms with E-state index >= 15 is 0 Å². The second-order valence-electron chi connectivity index (χ2n) is 11.8. The third-order valence-corrected chi connectivity index (χ3v) is 13.9. The van der Waals surface area contributed by atoms with Crippen LogP contribution < -0.4 is 0 Å². The van der Waals surface area contributed by atoms with Crippen molar-refractivity contribution in [2.45, 2.75) is 121 Å². The van der Waals surface area contributed by atoms with Crippen LogP contribution in [0, 0.1) is 17.3 Å². The standard InChI is InChI=1S/C23H44O3Si/c1-20(2,3)27(5,6)26-22(12-8-7-9-13-22)18-10-14-21(4)19(17-24)11-15-23(21,25)16-18/h18-19,24-25H,7-17H2,1-6H3/t18-,19+,21+,23-/m0/s1. The van der Waals surface area contributed by atoms with E-state index < -0.39 is 13.9 Å². The molecule has 0 aliphatic heterocycles. The molecule has 0 spiro atoms. The first-order chi connectivity index (χ1) is 12.4. The lowest BCUT2D eigenvalue weighted by Gasteiger charge is -2.57. The molecule has 0 aromatic heterocycles. The minimum absolute atomic E-state index is 0.0321. The first-order valence-corrected chi connectivity index (χ1v) is 14.3. The van der Waals surface area contributed by atoms with E-state index in [2.05, 4.69) is 40.8 Å². The molecule has 158 valence electrons. The van der Waals surface area contributed by atoms with Crippen LogP contribution in [-0.2, 0) is 4.43 Å². The average molecular weight is 397 g/mol. The van der Waals surface area contributed by atoms with Crippen molar-refractivity contribution < 1.29 is 14.6 Å². The van der Waals surface area contributed by atoms with E-state index in [0.717, 1.165) is 32.1 Å². The van der Waals surface area contributed by atoms with E-state index in [9.17, 15) is 10.2 Å². The van der Waals surface area contributed by atoms with Crippen molar-refractivity contribution in [2.75, 3.05) is 6.61 Å². The Kier molecular flexibility index (Phi) is 5.74. The maximum atomic E-state index is 11.7. The first kappa shape index (κ1) is 21.8. The van der Waals surface area contributed by atoms with Gasteiger partial charge in [0.1, 0.15) is 0 Å². The lowest BCUT2D eigenvalue weighted by molar-refractivity contribution is -0.157. The summed E-state index contributed by atoms with van der Waals surface area (Å²) in [4.78, 5) is 0. The molecule has 3 rings (SSSR count). The maximum Gasteiger partial charge on any atom is 0.192 e. The molecule has 0 radical (unpaired) electrons. The molecule has 27 heavy (non-hydrogen) atoms. The summed E-state index contributed by atoms with van der Waals surface area (Å²) in [5, 5.41) is 21.8. The molecule has 4 heteroatoms. The van der Waals surface area contributed by atoms with E-state index in [1.165, 1.54) is 32.1 Å². The molecule has 3 aliphatic rings. The summed E-state index contributed by atoms with van der Waals surface area (Å²) >= 11 is 0. The van der Waals surface area contributed by atoms with Crippen LogP contribution in [0.15, 0.2) is 0 Å². The van der Waals surface area contributed by atoms with Crippen molar-refractivity contribution >= 4 is 8.32 Å². The zero-order chi connectivity index (χ0) is 20.1. The fraction of sp³-hybridized carbons (Fsp3) is 1.00. The number of hydrogen-bond donors (Lipinski definition) is 2. The van der Waals surface area contributed by atoms with Crippen molar-refractivity contribution in [1.82, 2.24) is 0 Å². The molecule has 4 atom stereocenters. The molecule has 3 fully saturated rings. The predicted octanol–water partition coefficient (Wildman–Crippen LogP) is 5.65. The van der Waals surface area contributed by atoms with Gasteiger partial charge in [0.15, 0.2) is 8.32 Å². The van der Waals surface area contributed by atoms with Gasteiger partial charge >= 0.3 is 0 Å². The quantitative estimate of drug-likeness (QED) is 0.604. The number of hydrogen-bond acceptors (Lipinski definition) is 3. The van der Waals surface area contributed by atoms with Crippen molar-refractivity contribution in [3.05, 3.63) is 0 Å². The molecule has 3 saturated carbocycles. The molecule has 0 bridgehead atoms. The Hall–Kier alpha value is 0.0969. The van der Waals surface area contributed by atoms with Gasteiger partial charge in [-0.15, -0.1) is 0 Å². The van der Waals surface area contributed by atoms with Crippen LogP contribution in [0.2, 0.25) is 18.1 Å². The van der Waals surface area contributed by atoms with Crippen molar-refractivity contribution in [3.8, 4) is 0 Å². The molecule has 0 aromatic carbocycles. The van der Waals surface area contributed by atoms with Gasteiger partial charge in [-0.05, 0) is 74.9 Å². The Balaban J connectivity index is 1.87. The zero-order valence-electron chi connectivity index (χ0n) is 18.7. The van der Waals surface area contributed by atoms with Crippen LogP contribution in [0.25, 0.3) is 0 Å².